The molecule has 8 nitrogen and oxygen atoms in total. The lowest BCUT2D eigenvalue weighted by atomic mass is 9.95. The van der Waals surface area contributed by atoms with Crippen molar-refractivity contribution in [2.75, 3.05) is 40.1 Å². The second kappa shape index (κ2) is 12.8. The molecule has 0 spiro atoms. The van der Waals surface area contributed by atoms with Gasteiger partial charge in [-0.1, -0.05) is 25.6 Å². The minimum absolute atomic E-state index is 0.000498. The van der Waals surface area contributed by atoms with Crippen molar-refractivity contribution >= 4 is 17.4 Å². The first-order valence-electron chi connectivity index (χ1n) is 12.0. The zero-order chi connectivity index (χ0) is 26.1. The monoisotopic (exact) mass is 495 g/mol. The molecule has 1 saturated heterocycles. The maximum atomic E-state index is 13.2. The summed E-state index contributed by atoms with van der Waals surface area (Å²) >= 11 is 0. The number of hydrogen-bond acceptors (Lipinski definition) is 7. The van der Waals surface area contributed by atoms with Crippen molar-refractivity contribution in [3.63, 3.8) is 0 Å². The van der Waals surface area contributed by atoms with Gasteiger partial charge in [-0.3, -0.25) is 9.59 Å². The van der Waals surface area contributed by atoms with E-state index in [0.29, 0.717) is 48.2 Å². The van der Waals surface area contributed by atoms with E-state index in [-0.39, 0.29) is 24.5 Å². The molecular formula is C28H33NO7. The first-order valence-corrected chi connectivity index (χ1v) is 12.0. The van der Waals surface area contributed by atoms with Crippen LogP contribution in [-0.2, 0) is 14.3 Å². The molecule has 0 unspecified atom stereocenters. The minimum Gasteiger partial charge on any atom is -0.507 e. The fraction of sp³-hybridized carbons (Fsp3) is 0.357. The average Bonchev–Trinajstić information content (AvgIpc) is 3.15. The highest BCUT2D eigenvalue weighted by atomic mass is 16.5. The molecule has 36 heavy (non-hydrogen) atoms. The summed E-state index contributed by atoms with van der Waals surface area (Å²) in [6.07, 6.45) is 2.50. The highest BCUT2D eigenvalue weighted by molar-refractivity contribution is 6.46. The summed E-state index contributed by atoms with van der Waals surface area (Å²) < 4.78 is 22.2. The summed E-state index contributed by atoms with van der Waals surface area (Å²) in [5, 5.41) is 11.2. The number of hydrogen-bond donors (Lipinski definition) is 1. The van der Waals surface area contributed by atoms with Crippen LogP contribution in [0.25, 0.3) is 5.76 Å². The van der Waals surface area contributed by atoms with Crippen molar-refractivity contribution in [3.05, 3.63) is 71.8 Å². The van der Waals surface area contributed by atoms with Gasteiger partial charge in [-0.05, 0) is 55.3 Å². The van der Waals surface area contributed by atoms with Crippen LogP contribution in [-0.4, -0.2) is 61.8 Å². The number of benzene rings is 2. The van der Waals surface area contributed by atoms with Crippen LogP contribution >= 0.6 is 0 Å². The number of nitrogens with zero attached hydrogens (tertiary/aromatic N) is 1. The number of rotatable bonds is 13. The summed E-state index contributed by atoms with van der Waals surface area (Å²) in [5.41, 5.74) is 1.01. The Morgan fingerprint density at radius 3 is 2.42 bits per heavy atom. The van der Waals surface area contributed by atoms with Crippen molar-refractivity contribution in [2.24, 2.45) is 0 Å². The van der Waals surface area contributed by atoms with Crippen LogP contribution in [0.2, 0.25) is 0 Å². The van der Waals surface area contributed by atoms with Crippen molar-refractivity contribution in [1.82, 2.24) is 4.90 Å². The van der Waals surface area contributed by atoms with Crippen LogP contribution in [0.15, 0.2) is 60.7 Å². The summed E-state index contributed by atoms with van der Waals surface area (Å²) in [6.45, 7) is 9.19. The largest absolute Gasteiger partial charge is 0.507 e. The Morgan fingerprint density at radius 1 is 1.03 bits per heavy atom. The number of Topliss-reactive ketones (excluding diaryl/α,β-unsaturated/α-hetero) is 1. The van der Waals surface area contributed by atoms with Crippen LogP contribution in [0, 0.1) is 0 Å². The average molecular weight is 496 g/mol. The van der Waals surface area contributed by atoms with Gasteiger partial charge in [-0.2, -0.15) is 0 Å². The molecule has 1 N–H and O–H groups in total. The predicted octanol–water partition coefficient (Wildman–Crippen LogP) is 4.51. The molecule has 1 amide bonds. The van der Waals surface area contributed by atoms with Gasteiger partial charge in [-0.15, -0.1) is 0 Å². The van der Waals surface area contributed by atoms with E-state index in [4.69, 9.17) is 18.9 Å². The van der Waals surface area contributed by atoms with Crippen LogP contribution in [0.3, 0.4) is 0 Å². The molecule has 0 aromatic heterocycles. The minimum atomic E-state index is -0.830. The van der Waals surface area contributed by atoms with Gasteiger partial charge in [0.05, 0.1) is 31.4 Å². The van der Waals surface area contributed by atoms with Crippen molar-refractivity contribution in [2.45, 2.75) is 26.3 Å². The van der Waals surface area contributed by atoms with E-state index in [2.05, 4.69) is 6.58 Å². The quantitative estimate of drug-likeness (QED) is 0.189. The van der Waals surface area contributed by atoms with Crippen LogP contribution < -0.4 is 14.2 Å². The van der Waals surface area contributed by atoms with Gasteiger partial charge in [0, 0.05) is 19.2 Å². The number of amides is 1. The first-order chi connectivity index (χ1) is 17.5. The molecule has 0 aliphatic carbocycles. The van der Waals surface area contributed by atoms with Crippen molar-refractivity contribution in [3.8, 4) is 17.2 Å². The Bertz CT molecular complexity index is 1110. The lowest BCUT2D eigenvalue weighted by Crippen LogP contribution is -2.32. The van der Waals surface area contributed by atoms with Gasteiger partial charge in [-0.25, -0.2) is 0 Å². The summed E-state index contributed by atoms with van der Waals surface area (Å²) in [7, 11) is 1.52. The Hall–Kier alpha value is -3.78. The highest BCUT2D eigenvalue weighted by Gasteiger charge is 2.46. The molecule has 1 heterocycles. The molecule has 2 aromatic rings. The number of methoxy groups -OCH3 is 1. The summed E-state index contributed by atoms with van der Waals surface area (Å²) in [6, 6.07) is 11.2. The molecule has 2 aromatic carbocycles. The van der Waals surface area contributed by atoms with E-state index in [1.165, 1.54) is 12.0 Å². The van der Waals surface area contributed by atoms with Gasteiger partial charge in [0.15, 0.2) is 11.5 Å². The summed E-state index contributed by atoms with van der Waals surface area (Å²) in [5.74, 6) is -0.0906. The Labute approximate surface area is 211 Å². The number of likely N-dealkylation sites (tertiary alicyclic amines) is 1. The molecule has 8 heteroatoms. The molecular weight excluding hydrogens is 462 g/mol. The molecule has 3 rings (SSSR count). The first kappa shape index (κ1) is 26.8. The molecule has 1 atom stereocenters. The third-order valence-electron chi connectivity index (χ3n) is 5.62. The van der Waals surface area contributed by atoms with E-state index in [9.17, 15) is 14.7 Å². The lowest BCUT2D eigenvalue weighted by Gasteiger charge is -2.26. The maximum absolute atomic E-state index is 13.2. The predicted molar refractivity (Wildman–Crippen MR) is 136 cm³/mol. The van der Waals surface area contributed by atoms with E-state index in [0.717, 1.165) is 6.42 Å². The topological polar surface area (TPSA) is 94.5 Å². The standard InChI is InChI=1S/C28H33NO7/c1-5-15-35-21-11-8-19(9-12-21)26(30)24-25(29(14-17-33-4)28(32)27(24)31)20-10-13-22(36-16-6-2)23(18-20)34-7-3/h6,8-13,18,25,30H,2,5,7,14-17H2,1,3-4H3/t25-/m1/s1. The van der Waals surface area contributed by atoms with Gasteiger partial charge in [0.1, 0.15) is 18.1 Å². The van der Waals surface area contributed by atoms with Crippen molar-refractivity contribution in [1.29, 1.82) is 0 Å². The highest BCUT2D eigenvalue weighted by Crippen LogP contribution is 2.42. The van der Waals surface area contributed by atoms with E-state index in [1.54, 1.807) is 48.5 Å². The van der Waals surface area contributed by atoms with E-state index in [1.807, 2.05) is 13.8 Å². The number of carbonyl (C=O) groups excluding carboxylic acids is 2. The third kappa shape index (κ3) is 5.88. The van der Waals surface area contributed by atoms with Crippen LogP contribution in [0.1, 0.15) is 37.4 Å². The number of carbonyl (C=O) groups is 2. The smallest absolute Gasteiger partial charge is 0.295 e. The Kier molecular flexibility index (Phi) is 9.53. The third-order valence-corrected chi connectivity index (χ3v) is 5.62. The molecule has 0 bridgehead atoms. The fourth-order valence-corrected chi connectivity index (χ4v) is 3.96. The number of ketones is 1. The van der Waals surface area contributed by atoms with Gasteiger partial charge in [0.25, 0.3) is 11.7 Å². The van der Waals surface area contributed by atoms with Crippen LogP contribution in [0.4, 0.5) is 0 Å². The van der Waals surface area contributed by atoms with Gasteiger partial charge < -0.3 is 29.0 Å². The van der Waals surface area contributed by atoms with Crippen molar-refractivity contribution < 1.29 is 33.6 Å². The van der Waals surface area contributed by atoms with E-state index >= 15 is 0 Å². The van der Waals surface area contributed by atoms with Crippen LogP contribution in [0.5, 0.6) is 17.2 Å². The maximum Gasteiger partial charge on any atom is 0.295 e. The normalized spacial score (nSPS) is 16.8. The molecule has 0 radical (unpaired) electrons. The van der Waals surface area contributed by atoms with E-state index < -0.39 is 17.7 Å². The number of aliphatic hydroxyl groups excluding tert-OH is 1. The second-order valence-corrected chi connectivity index (χ2v) is 8.10. The molecule has 0 saturated carbocycles. The summed E-state index contributed by atoms with van der Waals surface area (Å²) in [4.78, 5) is 27.6. The zero-order valence-electron chi connectivity index (χ0n) is 21.0. The molecule has 1 aliphatic rings. The zero-order valence-corrected chi connectivity index (χ0v) is 21.0. The van der Waals surface area contributed by atoms with Gasteiger partial charge in [0.2, 0.25) is 0 Å². The Morgan fingerprint density at radius 2 is 1.78 bits per heavy atom. The molecule has 1 fully saturated rings. The number of ether oxygens (including phenoxy) is 4. The fourth-order valence-electron chi connectivity index (χ4n) is 3.96. The molecule has 192 valence electrons. The van der Waals surface area contributed by atoms with Gasteiger partial charge >= 0.3 is 0 Å². The Balaban J connectivity index is 2.10. The SMILES string of the molecule is C=CCOc1ccc([C@@H]2C(=C(O)c3ccc(OCCC)cc3)C(=O)C(=O)N2CCOC)cc1OCC. The molecule has 1 aliphatic heterocycles. The second-order valence-electron chi connectivity index (χ2n) is 8.10. The lowest BCUT2D eigenvalue weighted by molar-refractivity contribution is -0.140. The number of aliphatic hydroxyl groups is 1.